The molecule has 2 aromatic rings. The molecule has 8 heteroatoms. The molecule has 4 rings (SSSR count). The molecule has 8 nitrogen and oxygen atoms in total. The lowest BCUT2D eigenvalue weighted by molar-refractivity contribution is -0.122. The van der Waals surface area contributed by atoms with Gasteiger partial charge < -0.3 is 20.3 Å². The van der Waals surface area contributed by atoms with Gasteiger partial charge in [0, 0.05) is 44.8 Å². The Morgan fingerprint density at radius 1 is 1.09 bits per heavy atom. The van der Waals surface area contributed by atoms with E-state index in [2.05, 4.69) is 15.5 Å². The second kappa shape index (κ2) is 10.6. The standard InChI is InChI=1S/C25H30N4O4/c1-18-5-4-6-20(15-18)29-17-19(16-23(29)30)24(31)27-22-8-3-2-7-21(22)25(32)26-9-10-28-11-13-33-14-12-28/h2-8,15,19H,9-14,16-17H2,1H3,(H,26,32)(H,27,31)/t19-/m0/s1. The number of morpholine rings is 1. The highest BCUT2D eigenvalue weighted by Gasteiger charge is 2.35. The zero-order valence-electron chi connectivity index (χ0n) is 18.9. The summed E-state index contributed by atoms with van der Waals surface area (Å²) >= 11 is 0. The smallest absolute Gasteiger partial charge is 0.253 e. The minimum Gasteiger partial charge on any atom is -0.379 e. The molecule has 2 heterocycles. The molecule has 0 unspecified atom stereocenters. The van der Waals surface area contributed by atoms with Crippen molar-refractivity contribution in [2.75, 3.05) is 56.2 Å². The Labute approximate surface area is 193 Å². The molecule has 174 valence electrons. The highest BCUT2D eigenvalue weighted by atomic mass is 16.5. The van der Waals surface area contributed by atoms with Gasteiger partial charge in [-0.05, 0) is 36.8 Å². The van der Waals surface area contributed by atoms with E-state index in [0.29, 0.717) is 37.6 Å². The van der Waals surface area contributed by atoms with Crippen LogP contribution in [0.25, 0.3) is 0 Å². The quantitative estimate of drug-likeness (QED) is 0.674. The first-order valence-electron chi connectivity index (χ1n) is 11.4. The van der Waals surface area contributed by atoms with E-state index in [0.717, 1.165) is 30.9 Å². The lowest BCUT2D eigenvalue weighted by atomic mass is 10.1. The van der Waals surface area contributed by atoms with Crippen LogP contribution in [0.5, 0.6) is 0 Å². The molecule has 2 N–H and O–H groups in total. The molecule has 2 aliphatic rings. The first-order chi connectivity index (χ1) is 16.0. The second-order valence-corrected chi connectivity index (χ2v) is 8.49. The predicted octanol–water partition coefficient (Wildman–Crippen LogP) is 2.05. The molecule has 0 aliphatic carbocycles. The van der Waals surface area contributed by atoms with Crippen molar-refractivity contribution in [1.82, 2.24) is 10.2 Å². The largest absolute Gasteiger partial charge is 0.379 e. The molecular formula is C25H30N4O4. The summed E-state index contributed by atoms with van der Waals surface area (Å²) in [5.41, 5.74) is 2.72. The van der Waals surface area contributed by atoms with Crippen LogP contribution in [0.3, 0.4) is 0 Å². The number of rotatable bonds is 7. The van der Waals surface area contributed by atoms with Crippen LogP contribution in [0.4, 0.5) is 11.4 Å². The van der Waals surface area contributed by atoms with E-state index in [4.69, 9.17) is 4.74 Å². The monoisotopic (exact) mass is 450 g/mol. The van der Waals surface area contributed by atoms with Crippen molar-refractivity contribution in [3.05, 3.63) is 59.7 Å². The zero-order chi connectivity index (χ0) is 23.2. The molecule has 2 aromatic carbocycles. The number of nitrogens with one attached hydrogen (secondary N) is 2. The predicted molar refractivity (Wildman–Crippen MR) is 126 cm³/mol. The van der Waals surface area contributed by atoms with Crippen LogP contribution in [0.15, 0.2) is 48.5 Å². The van der Waals surface area contributed by atoms with Crippen molar-refractivity contribution in [2.45, 2.75) is 13.3 Å². The Morgan fingerprint density at radius 2 is 1.88 bits per heavy atom. The van der Waals surface area contributed by atoms with Crippen molar-refractivity contribution < 1.29 is 19.1 Å². The van der Waals surface area contributed by atoms with Crippen molar-refractivity contribution in [3.63, 3.8) is 0 Å². The van der Waals surface area contributed by atoms with Crippen molar-refractivity contribution in [3.8, 4) is 0 Å². The van der Waals surface area contributed by atoms with E-state index in [1.54, 1.807) is 29.2 Å². The van der Waals surface area contributed by atoms with Gasteiger partial charge in [-0.1, -0.05) is 24.3 Å². The summed E-state index contributed by atoms with van der Waals surface area (Å²) in [6.07, 6.45) is 0.147. The highest BCUT2D eigenvalue weighted by Crippen LogP contribution is 2.27. The lowest BCUT2D eigenvalue weighted by Gasteiger charge is -2.26. The Balaban J connectivity index is 1.35. The fraction of sp³-hybridized carbons (Fsp3) is 0.400. The normalized spacial score (nSPS) is 18.9. The second-order valence-electron chi connectivity index (χ2n) is 8.49. The number of hydrogen-bond acceptors (Lipinski definition) is 5. The van der Waals surface area contributed by atoms with Gasteiger partial charge in [-0.3, -0.25) is 19.3 Å². The SMILES string of the molecule is Cc1cccc(N2C[C@@H](C(=O)Nc3ccccc3C(=O)NCCN3CCOCC3)CC2=O)c1. The van der Waals surface area contributed by atoms with E-state index in [1.165, 1.54) is 0 Å². The van der Waals surface area contributed by atoms with Crippen LogP contribution in [0, 0.1) is 12.8 Å². The maximum atomic E-state index is 13.0. The van der Waals surface area contributed by atoms with Crippen molar-refractivity contribution in [2.24, 2.45) is 5.92 Å². The number of para-hydroxylation sites is 1. The van der Waals surface area contributed by atoms with Gasteiger partial charge in [0.05, 0.1) is 30.4 Å². The molecule has 0 aromatic heterocycles. The Hall–Kier alpha value is -3.23. The summed E-state index contributed by atoms with van der Waals surface area (Å²) in [5, 5.41) is 5.81. The summed E-state index contributed by atoms with van der Waals surface area (Å²) in [5.74, 6) is -1.04. The third-order valence-corrected chi connectivity index (χ3v) is 6.06. The van der Waals surface area contributed by atoms with Crippen molar-refractivity contribution in [1.29, 1.82) is 0 Å². The van der Waals surface area contributed by atoms with Gasteiger partial charge in [-0.2, -0.15) is 0 Å². The fourth-order valence-electron chi connectivity index (χ4n) is 4.20. The third kappa shape index (κ3) is 5.77. The minimum absolute atomic E-state index is 0.0742. The molecule has 2 saturated heterocycles. The van der Waals surface area contributed by atoms with Gasteiger partial charge >= 0.3 is 0 Å². The Kier molecular flexibility index (Phi) is 7.36. The third-order valence-electron chi connectivity index (χ3n) is 6.06. The average molecular weight is 451 g/mol. The first kappa shape index (κ1) is 22.9. The number of carbonyl (C=O) groups is 3. The molecule has 1 atom stereocenters. The van der Waals surface area contributed by atoms with E-state index >= 15 is 0 Å². The maximum Gasteiger partial charge on any atom is 0.253 e. The van der Waals surface area contributed by atoms with Gasteiger partial charge in [-0.15, -0.1) is 0 Å². The van der Waals surface area contributed by atoms with Gasteiger partial charge in [0.15, 0.2) is 0 Å². The number of anilines is 2. The van der Waals surface area contributed by atoms with E-state index in [1.807, 2.05) is 31.2 Å². The zero-order valence-corrected chi connectivity index (χ0v) is 18.9. The molecule has 0 saturated carbocycles. The number of benzene rings is 2. The van der Waals surface area contributed by atoms with Crippen LogP contribution < -0.4 is 15.5 Å². The summed E-state index contributed by atoms with van der Waals surface area (Å²) in [4.78, 5) is 42.2. The Morgan fingerprint density at radius 3 is 2.67 bits per heavy atom. The highest BCUT2D eigenvalue weighted by molar-refractivity contribution is 6.07. The Bertz CT molecular complexity index is 1020. The van der Waals surface area contributed by atoms with Crippen LogP contribution >= 0.6 is 0 Å². The number of aryl methyl sites for hydroxylation is 1. The van der Waals surface area contributed by atoms with Crippen LogP contribution in [-0.2, 0) is 14.3 Å². The fourth-order valence-corrected chi connectivity index (χ4v) is 4.20. The number of ether oxygens (including phenoxy) is 1. The topological polar surface area (TPSA) is 91.0 Å². The van der Waals surface area contributed by atoms with Gasteiger partial charge in [0.25, 0.3) is 5.91 Å². The average Bonchev–Trinajstić information content (AvgIpc) is 3.22. The van der Waals surface area contributed by atoms with Crippen LogP contribution in [-0.4, -0.2) is 68.6 Å². The molecule has 0 radical (unpaired) electrons. The lowest BCUT2D eigenvalue weighted by Crippen LogP contribution is -2.41. The number of nitrogens with zero attached hydrogens (tertiary/aromatic N) is 2. The molecule has 2 fully saturated rings. The van der Waals surface area contributed by atoms with Crippen LogP contribution in [0.1, 0.15) is 22.3 Å². The van der Waals surface area contributed by atoms with Crippen molar-refractivity contribution >= 4 is 29.1 Å². The first-order valence-corrected chi connectivity index (χ1v) is 11.4. The van der Waals surface area contributed by atoms with E-state index in [9.17, 15) is 14.4 Å². The van der Waals surface area contributed by atoms with Gasteiger partial charge in [-0.25, -0.2) is 0 Å². The minimum atomic E-state index is -0.476. The van der Waals surface area contributed by atoms with Gasteiger partial charge in [0.2, 0.25) is 11.8 Å². The molecule has 0 bridgehead atoms. The number of amides is 3. The van der Waals surface area contributed by atoms with Crippen LogP contribution in [0.2, 0.25) is 0 Å². The maximum absolute atomic E-state index is 13.0. The van der Waals surface area contributed by atoms with Gasteiger partial charge in [0.1, 0.15) is 0 Å². The summed E-state index contributed by atoms with van der Waals surface area (Å²) < 4.78 is 5.34. The number of hydrogen-bond donors (Lipinski definition) is 2. The molecule has 3 amide bonds. The molecule has 33 heavy (non-hydrogen) atoms. The van der Waals surface area contributed by atoms with E-state index < -0.39 is 5.92 Å². The summed E-state index contributed by atoms with van der Waals surface area (Å²) in [6.45, 7) is 6.72. The summed E-state index contributed by atoms with van der Waals surface area (Å²) in [7, 11) is 0. The summed E-state index contributed by atoms with van der Waals surface area (Å²) in [6, 6.07) is 14.6. The molecule has 2 aliphatic heterocycles. The molecule has 0 spiro atoms. The van der Waals surface area contributed by atoms with E-state index in [-0.39, 0.29) is 24.1 Å². The number of carbonyl (C=O) groups excluding carboxylic acids is 3. The molecular weight excluding hydrogens is 420 g/mol.